The molecule has 1 saturated carbocycles. The lowest BCUT2D eigenvalue weighted by Crippen LogP contribution is -2.39. The van der Waals surface area contributed by atoms with E-state index in [4.69, 9.17) is 10.2 Å². The molecule has 1 aromatic carbocycles. The summed E-state index contributed by atoms with van der Waals surface area (Å²) in [5, 5.41) is 3.33. The first-order valence-corrected chi connectivity index (χ1v) is 8.38. The largest absolute Gasteiger partial charge is 0.439 e. The van der Waals surface area contributed by atoms with Crippen LogP contribution in [0.2, 0.25) is 0 Å². The zero-order valence-electron chi connectivity index (χ0n) is 13.4. The fourth-order valence-corrected chi connectivity index (χ4v) is 2.95. The lowest BCUT2D eigenvalue weighted by Gasteiger charge is -2.16. The van der Waals surface area contributed by atoms with Crippen molar-refractivity contribution in [2.45, 2.75) is 51.1 Å². The molecule has 2 aromatic rings. The molecule has 0 saturated heterocycles. The van der Waals surface area contributed by atoms with E-state index in [-0.39, 0.29) is 0 Å². The van der Waals surface area contributed by atoms with Gasteiger partial charge in [-0.2, -0.15) is 0 Å². The maximum atomic E-state index is 5.99. The van der Waals surface area contributed by atoms with Gasteiger partial charge in [-0.3, -0.25) is 0 Å². The number of aromatic nitrogens is 1. The van der Waals surface area contributed by atoms with E-state index in [2.05, 4.69) is 15.3 Å². The average Bonchev–Trinajstić information content (AvgIpc) is 2.91. The molecular formula is C18H24N4O. The minimum Gasteiger partial charge on any atom is -0.439 e. The van der Waals surface area contributed by atoms with E-state index in [9.17, 15) is 0 Å². The van der Waals surface area contributed by atoms with Crippen molar-refractivity contribution in [2.24, 2.45) is 10.7 Å². The van der Waals surface area contributed by atoms with Crippen LogP contribution >= 0.6 is 0 Å². The summed E-state index contributed by atoms with van der Waals surface area (Å²) in [6.07, 6.45) is 9.27. The van der Waals surface area contributed by atoms with E-state index in [1.165, 1.54) is 38.5 Å². The highest BCUT2D eigenvalue weighted by Crippen LogP contribution is 2.20. The summed E-state index contributed by atoms with van der Waals surface area (Å²) in [6.45, 7) is 0.360. The van der Waals surface area contributed by atoms with Crippen molar-refractivity contribution in [1.29, 1.82) is 0 Å². The van der Waals surface area contributed by atoms with Crippen LogP contribution in [-0.4, -0.2) is 17.0 Å². The minimum atomic E-state index is 0.360. The highest BCUT2D eigenvalue weighted by atomic mass is 16.4. The van der Waals surface area contributed by atoms with E-state index in [0.717, 1.165) is 11.3 Å². The molecule has 1 heterocycles. The third kappa shape index (κ3) is 4.58. The van der Waals surface area contributed by atoms with E-state index in [1.54, 1.807) is 6.20 Å². The molecule has 0 bridgehead atoms. The number of guanidine groups is 1. The number of oxazole rings is 1. The molecule has 5 heteroatoms. The Labute approximate surface area is 137 Å². The van der Waals surface area contributed by atoms with Crippen LogP contribution in [0.15, 0.2) is 45.9 Å². The van der Waals surface area contributed by atoms with Crippen LogP contribution in [0.4, 0.5) is 0 Å². The summed E-state index contributed by atoms with van der Waals surface area (Å²) in [7, 11) is 0. The molecule has 1 aliphatic rings. The number of aliphatic imine (C=N–C) groups is 1. The smallest absolute Gasteiger partial charge is 0.216 e. The number of benzene rings is 1. The van der Waals surface area contributed by atoms with E-state index < -0.39 is 0 Å². The van der Waals surface area contributed by atoms with Crippen LogP contribution in [-0.2, 0) is 6.54 Å². The standard InChI is InChI=1S/C18H24N4O/c19-18(22-15-10-6-1-2-7-11-15)21-13-17-20-12-16(23-17)14-8-4-3-5-9-14/h3-5,8-9,12,15H,1-2,6-7,10-11,13H2,(H3,19,21,22). The maximum absolute atomic E-state index is 5.99. The summed E-state index contributed by atoms with van der Waals surface area (Å²) in [5.74, 6) is 1.82. The van der Waals surface area contributed by atoms with Gasteiger partial charge in [0.25, 0.3) is 0 Å². The monoisotopic (exact) mass is 312 g/mol. The summed E-state index contributed by atoms with van der Waals surface area (Å²) in [4.78, 5) is 8.62. The van der Waals surface area contributed by atoms with Crippen molar-refractivity contribution in [3.8, 4) is 11.3 Å². The summed E-state index contributed by atoms with van der Waals surface area (Å²) < 4.78 is 5.73. The molecule has 0 aliphatic heterocycles. The van der Waals surface area contributed by atoms with Crippen LogP contribution in [0, 0.1) is 0 Å². The first-order valence-electron chi connectivity index (χ1n) is 8.38. The molecule has 3 N–H and O–H groups in total. The van der Waals surface area contributed by atoms with Crippen molar-refractivity contribution in [3.63, 3.8) is 0 Å². The molecule has 0 unspecified atom stereocenters. The van der Waals surface area contributed by atoms with Gasteiger partial charge in [-0.15, -0.1) is 0 Å². The number of nitrogens with two attached hydrogens (primary N) is 1. The third-order valence-corrected chi connectivity index (χ3v) is 4.20. The maximum Gasteiger partial charge on any atom is 0.216 e. The number of hydrogen-bond acceptors (Lipinski definition) is 3. The van der Waals surface area contributed by atoms with E-state index in [0.29, 0.717) is 24.4 Å². The van der Waals surface area contributed by atoms with Gasteiger partial charge in [-0.25, -0.2) is 9.98 Å². The Morgan fingerprint density at radius 3 is 2.65 bits per heavy atom. The van der Waals surface area contributed by atoms with Gasteiger partial charge in [0.15, 0.2) is 11.7 Å². The first kappa shape index (κ1) is 15.6. The van der Waals surface area contributed by atoms with Gasteiger partial charge in [0, 0.05) is 11.6 Å². The normalized spacial score (nSPS) is 17.0. The first-order chi connectivity index (χ1) is 11.3. The van der Waals surface area contributed by atoms with Crippen LogP contribution in [0.25, 0.3) is 11.3 Å². The van der Waals surface area contributed by atoms with Gasteiger partial charge < -0.3 is 15.5 Å². The highest BCUT2D eigenvalue weighted by molar-refractivity contribution is 5.78. The Morgan fingerprint density at radius 1 is 1.17 bits per heavy atom. The van der Waals surface area contributed by atoms with Gasteiger partial charge >= 0.3 is 0 Å². The van der Waals surface area contributed by atoms with Gasteiger partial charge in [0.1, 0.15) is 6.54 Å². The second-order valence-corrected chi connectivity index (χ2v) is 6.02. The zero-order valence-corrected chi connectivity index (χ0v) is 13.4. The van der Waals surface area contributed by atoms with E-state index in [1.807, 2.05) is 30.3 Å². The Morgan fingerprint density at radius 2 is 1.91 bits per heavy atom. The Kier molecular flexibility index (Phi) is 5.29. The van der Waals surface area contributed by atoms with Gasteiger partial charge in [-0.05, 0) is 12.8 Å². The number of rotatable bonds is 4. The predicted octanol–water partition coefficient (Wildman–Crippen LogP) is 3.47. The van der Waals surface area contributed by atoms with Gasteiger partial charge in [-0.1, -0.05) is 56.0 Å². The quantitative estimate of drug-likeness (QED) is 0.515. The molecule has 1 aliphatic carbocycles. The zero-order chi connectivity index (χ0) is 15.9. The molecule has 23 heavy (non-hydrogen) atoms. The second-order valence-electron chi connectivity index (χ2n) is 6.02. The topological polar surface area (TPSA) is 76.4 Å². The van der Waals surface area contributed by atoms with Gasteiger partial charge in [0.2, 0.25) is 5.89 Å². The number of hydrogen-bond donors (Lipinski definition) is 2. The molecule has 122 valence electrons. The SMILES string of the molecule is NC(=NCc1ncc(-c2ccccc2)o1)NC1CCCCCC1. The van der Waals surface area contributed by atoms with Crippen LogP contribution in [0.1, 0.15) is 44.4 Å². The predicted molar refractivity (Wildman–Crippen MR) is 91.9 cm³/mol. The lowest BCUT2D eigenvalue weighted by atomic mass is 10.1. The number of nitrogens with one attached hydrogen (secondary N) is 1. The molecule has 1 fully saturated rings. The minimum absolute atomic E-state index is 0.360. The molecular weight excluding hydrogens is 288 g/mol. The summed E-state index contributed by atoms with van der Waals surface area (Å²) >= 11 is 0. The average molecular weight is 312 g/mol. The molecule has 1 aromatic heterocycles. The lowest BCUT2D eigenvalue weighted by molar-refractivity contribution is 0.505. The van der Waals surface area contributed by atoms with Gasteiger partial charge in [0.05, 0.1) is 6.20 Å². The van der Waals surface area contributed by atoms with Crippen molar-refractivity contribution in [3.05, 3.63) is 42.4 Å². The molecule has 0 amide bonds. The third-order valence-electron chi connectivity index (χ3n) is 4.20. The summed E-state index contributed by atoms with van der Waals surface area (Å²) in [6, 6.07) is 10.4. The molecule has 0 atom stereocenters. The second kappa shape index (κ2) is 7.81. The van der Waals surface area contributed by atoms with Crippen LogP contribution < -0.4 is 11.1 Å². The fourth-order valence-electron chi connectivity index (χ4n) is 2.95. The Balaban J connectivity index is 1.55. The molecule has 3 rings (SSSR count). The van der Waals surface area contributed by atoms with Crippen LogP contribution in [0.5, 0.6) is 0 Å². The highest BCUT2D eigenvalue weighted by Gasteiger charge is 2.12. The number of nitrogens with zero attached hydrogens (tertiary/aromatic N) is 2. The van der Waals surface area contributed by atoms with E-state index >= 15 is 0 Å². The summed E-state index contributed by atoms with van der Waals surface area (Å²) in [5.41, 5.74) is 7.00. The van der Waals surface area contributed by atoms with Crippen molar-refractivity contribution < 1.29 is 4.42 Å². The molecule has 5 nitrogen and oxygen atoms in total. The molecule has 0 radical (unpaired) electrons. The van der Waals surface area contributed by atoms with Crippen molar-refractivity contribution >= 4 is 5.96 Å². The van der Waals surface area contributed by atoms with Crippen LogP contribution in [0.3, 0.4) is 0 Å². The van der Waals surface area contributed by atoms with Crippen molar-refractivity contribution in [2.75, 3.05) is 0 Å². The van der Waals surface area contributed by atoms with Crippen molar-refractivity contribution in [1.82, 2.24) is 10.3 Å². The Hall–Kier alpha value is -2.30. The fraction of sp³-hybridized carbons (Fsp3) is 0.444. The Bertz CT molecular complexity index is 627. The molecule has 0 spiro atoms.